The Morgan fingerprint density at radius 3 is 1.03 bits per heavy atom. The second-order valence-electron chi connectivity index (χ2n) is 7.70. The Bertz CT molecular complexity index is 896. The van der Waals surface area contributed by atoms with Crippen molar-refractivity contribution in [3.8, 4) is 0 Å². The van der Waals surface area contributed by atoms with E-state index in [9.17, 15) is 0 Å². The zero-order valence-electron chi connectivity index (χ0n) is 18.3. The third-order valence-corrected chi connectivity index (χ3v) is 4.86. The Hall–Kier alpha value is -3.52. The van der Waals surface area contributed by atoms with Crippen LogP contribution in [0.4, 0.5) is 11.4 Å². The van der Waals surface area contributed by atoms with Crippen LogP contribution in [0.1, 0.15) is 11.1 Å². The zero-order valence-corrected chi connectivity index (χ0v) is 18.3. The highest BCUT2D eigenvalue weighted by Crippen LogP contribution is 2.18. The quantitative estimate of drug-likeness (QED) is 0.582. The third kappa shape index (κ3) is 6.25. The molecule has 30 heavy (non-hydrogen) atoms. The summed E-state index contributed by atoms with van der Waals surface area (Å²) in [5, 5.41) is 0. The van der Waals surface area contributed by atoms with E-state index >= 15 is 0 Å². The summed E-state index contributed by atoms with van der Waals surface area (Å²) in [5.41, 5.74) is 7.46. The summed E-state index contributed by atoms with van der Waals surface area (Å²) in [6, 6.07) is 17.1. The number of rotatable bonds is 4. The molecule has 2 heteroatoms. The van der Waals surface area contributed by atoms with E-state index < -0.39 is 0 Å². The Labute approximate surface area is 181 Å². The average Bonchev–Trinajstić information content (AvgIpc) is 3.44. The first kappa shape index (κ1) is 21.2. The topological polar surface area (TPSA) is 6.48 Å². The highest BCUT2D eigenvalue weighted by molar-refractivity contribution is 5.64. The van der Waals surface area contributed by atoms with Gasteiger partial charge >= 0.3 is 0 Å². The SMILES string of the molecule is CN(C)c1ccc(C=C2C=CC=C2)cc1.CN(C)c1ccc(C=C2C=CC=C2)cc1. The molecule has 2 aliphatic carbocycles. The molecule has 2 aromatic carbocycles. The highest BCUT2D eigenvalue weighted by Gasteiger charge is 1.97. The Kier molecular flexibility index (Phi) is 7.29. The molecule has 0 N–H and O–H groups in total. The number of hydrogen-bond acceptors (Lipinski definition) is 2. The van der Waals surface area contributed by atoms with Crippen LogP contribution in [0.2, 0.25) is 0 Å². The van der Waals surface area contributed by atoms with E-state index in [-0.39, 0.29) is 0 Å². The van der Waals surface area contributed by atoms with Crippen LogP contribution < -0.4 is 9.80 Å². The van der Waals surface area contributed by atoms with Gasteiger partial charge in [0.1, 0.15) is 0 Å². The van der Waals surface area contributed by atoms with E-state index in [2.05, 4.69) is 147 Å². The van der Waals surface area contributed by atoms with Gasteiger partial charge in [-0.3, -0.25) is 0 Å². The molecule has 0 unspecified atom stereocenters. The van der Waals surface area contributed by atoms with Crippen molar-refractivity contribution < 1.29 is 0 Å². The molecule has 0 aliphatic heterocycles. The number of nitrogens with zero attached hydrogens (tertiary/aromatic N) is 2. The van der Waals surface area contributed by atoms with Crippen molar-refractivity contribution in [1.82, 2.24) is 0 Å². The summed E-state index contributed by atoms with van der Waals surface area (Å²) in [5.74, 6) is 0. The van der Waals surface area contributed by atoms with Crippen LogP contribution in [-0.4, -0.2) is 28.2 Å². The van der Waals surface area contributed by atoms with Crippen LogP contribution in [0, 0.1) is 0 Å². The smallest absolute Gasteiger partial charge is 0.0361 e. The Morgan fingerprint density at radius 2 is 0.767 bits per heavy atom. The molecule has 0 atom stereocenters. The molecule has 2 aromatic rings. The van der Waals surface area contributed by atoms with Gasteiger partial charge in [-0.05, 0) is 58.7 Å². The number of benzene rings is 2. The normalized spacial score (nSPS) is 13.3. The monoisotopic (exact) mass is 394 g/mol. The fourth-order valence-electron chi connectivity index (χ4n) is 3.09. The first-order chi connectivity index (χ1) is 14.5. The first-order valence-corrected chi connectivity index (χ1v) is 10.2. The van der Waals surface area contributed by atoms with Crippen molar-refractivity contribution in [2.24, 2.45) is 0 Å². The van der Waals surface area contributed by atoms with Crippen molar-refractivity contribution >= 4 is 23.5 Å². The summed E-state index contributed by atoms with van der Waals surface area (Å²) >= 11 is 0. The van der Waals surface area contributed by atoms with Gasteiger partial charge in [-0.2, -0.15) is 0 Å². The van der Waals surface area contributed by atoms with Crippen LogP contribution in [0.3, 0.4) is 0 Å². The van der Waals surface area contributed by atoms with Crippen molar-refractivity contribution in [3.05, 3.63) is 119 Å². The van der Waals surface area contributed by atoms with Gasteiger partial charge in [0.2, 0.25) is 0 Å². The summed E-state index contributed by atoms with van der Waals surface area (Å²) in [7, 11) is 8.21. The largest absolute Gasteiger partial charge is 0.378 e. The van der Waals surface area contributed by atoms with Crippen LogP contribution in [0.15, 0.2) is 108 Å². The van der Waals surface area contributed by atoms with Gasteiger partial charge in [-0.1, -0.05) is 72.9 Å². The molecule has 0 radical (unpaired) electrons. The van der Waals surface area contributed by atoms with Crippen molar-refractivity contribution in [1.29, 1.82) is 0 Å². The summed E-state index contributed by atoms with van der Waals surface area (Å²) < 4.78 is 0. The van der Waals surface area contributed by atoms with Gasteiger partial charge < -0.3 is 9.80 Å². The molecule has 152 valence electrons. The molecule has 4 rings (SSSR count). The second kappa shape index (κ2) is 10.3. The first-order valence-electron chi connectivity index (χ1n) is 10.2. The van der Waals surface area contributed by atoms with Gasteiger partial charge in [0.25, 0.3) is 0 Å². The minimum atomic E-state index is 1.23. The predicted molar refractivity (Wildman–Crippen MR) is 134 cm³/mol. The van der Waals surface area contributed by atoms with Gasteiger partial charge in [-0.25, -0.2) is 0 Å². The van der Waals surface area contributed by atoms with E-state index in [1.165, 1.54) is 33.6 Å². The van der Waals surface area contributed by atoms with Crippen LogP contribution >= 0.6 is 0 Å². The molecular weight excluding hydrogens is 364 g/mol. The zero-order chi connectivity index (χ0) is 21.3. The fraction of sp³-hybridized carbons (Fsp3) is 0.143. The maximum Gasteiger partial charge on any atom is 0.0361 e. The van der Waals surface area contributed by atoms with Gasteiger partial charge in [0, 0.05) is 39.6 Å². The molecule has 0 fully saturated rings. The van der Waals surface area contributed by atoms with E-state index in [4.69, 9.17) is 0 Å². The van der Waals surface area contributed by atoms with Crippen LogP contribution in [0.25, 0.3) is 12.2 Å². The molecular formula is C28H30N2. The number of allylic oxidation sites excluding steroid dienone is 10. The van der Waals surface area contributed by atoms with Crippen LogP contribution in [0.5, 0.6) is 0 Å². The third-order valence-electron chi connectivity index (χ3n) is 4.86. The summed E-state index contributed by atoms with van der Waals surface area (Å²) in [6.07, 6.45) is 21.0. The van der Waals surface area contributed by atoms with Gasteiger partial charge in [-0.15, -0.1) is 0 Å². The average molecular weight is 395 g/mol. The number of anilines is 2. The molecule has 2 aliphatic rings. The standard InChI is InChI=1S/2C14H15N/c2*1-15(2)14-9-7-13(8-10-14)11-12-5-3-4-6-12/h2*3-11H,1-2H3. The molecule has 0 aromatic heterocycles. The molecule has 0 saturated heterocycles. The minimum Gasteiger partial charge on any atom is -0.378 e. The van der Waals surface area contributed by atoms with Crippen molar-refractivity contribution in [2.75, 3.05) is 38.0 Å². The van der Waals surface area contributed by atoms with Crippen molar-refractivity contribution in [3.63, 3.8) is 0 Å². The lowest BCUT2D eigenvalue weighted by atomic mass is 10.1. The molecule has 0 amide bonds. The summed E-state index contributed by atoms with van der Waals surface area (Å²) in [4.78, 5) is 4.21. The number of hydrogen-bond donors (Lipinski definition) is 0. The van der Waals surface area contributed by atoms with E-state index in [1.807, 2.05) is 0 Å². The maximum atomic E-state index is 2.18. The molecule has 0 saturated carbocycles. The molecule has 0 bridgehead atoms. The molecule has 2 nitrogen and oxygen atoms in total. The van der Waals surface area contributed by atoms with Crippen molar-refractivity contribution in [2.45, 2.75) is 0 Å². The Balaban J connectivity index is 0.000000171. The van der Waals surface area contributed by atoms with Gasteiger partial charge in [0.05, 0.1) is 0 Å². The lowest BCUT2D eigenvalue weighted by Gasteiger charge is -2.11. The minimum absolute atomic E-state index is 1.23. The van der Waals surface area contributed by atoms with E-state index in [1.54, 1.807) is 0 Å². The predicted octanol–water partition coefficient (Wildman–Crippen LogP) is 6.52. The van der Waals surface area contributed by atoms with E-state index in [0.717, 1.165) is 0 Å². The summed E-state index contributed by atoms with van der Waals surface area (Å²) in [6.45, 7) is 0. The molecule has 0 spiro atoms. The van der Waals surface area contributed by atoms with Crippen LogP contribution in [-0.2, 0) is 0 Å². The second-order valence-corrected chi connectivity index (χ2v) is 7.70. The lowest BCUT2D eigenvalue weighted by Crippen LogP contribution is -2.07. The lowest BCUT2D eigenvalue weighted by molar-refractivity contribution is 1.13. The molecule has 0 heterocycles. The van der Waals surface area contributed by atoms with E-state index in [0.29, 0.717) is 0 Å². The fourth-order valence-corrected chi connectivity index (χ4v) is 3.09. The Morgan fingerprint density at radius 1 is 0.467 bits per heavy atom. The van der Waals surface area contributed by atoms with Gasteiger partial charge in [0.15, 0.2) is 0 Å². The highest BCUT2D eigenvalue weighted by atomic mass is 15.1. The maximum absolute atomic E-state index is 2.18.